The Labute approximate surface area is 97.9 Å². The van der Waals surface area contributed by atoms with Crippen LogP contribution in [0.4, 0.5) is 0 Å². The average Bonchev–Trinajstić information content (AvgIpc) is 2.63. The van der Waals surface area contributed by atoms with E-state index in [4.69, 9.17) is 10.4 Å². The van der Waals surface area contributed by atoms with E-state index in [0.717, 1.165) is 5.69 Å². The molecule has 2 aromatic heterocycles. The van der Waals surface area contributed by atoms with Crippen LogP contribution in [0.15, 0.2) is 18.3 Å². The molecule has 0 spiro atoms. The number of nitriles is 1. The molecule has 0 saturated carbocycles. The summed E-state index contributed by atoms with van der Waals surface area (Å²) in [5.41, 5.74) is 1.96. The summed E-state index contributed by atoms with van der Waals surface area (Å²) in [7, 11) is 0. The molecule has 5 nitrogen and oxygen atoms in total. The molecule has 0 aromatic carbocycles. The third-order valence-electron chi connectivity index (χ3n) is 2.71. The largest absolute Gasteiger partial charge is 0.478 e. The number of aryl methyl sites for hydroxylation is 1. The Bertz CT molecular complexity index is 637. The molecule has 86 valence electrons. The van der Waals surface area contributed by atoms with E-state index in [2.05, 4.69) is 11.1 Å². The number of fused-ring (bicyclic) bond motifs is 1. The van der Waals surface area contributed by atoms with Crippen molar-refractivity contribution in [1.82, 2.24) is 9.38 Å². The molecule has 5 heteroatoms. The van der Waals surface area contributed by atoms with Gasteiger partial charge in [-0.25, -0.2) is 9.78 Å². The number of hydrogen-bond acceptors (Lipinski definition) is 3. The zero-order valence-electron chi connectivity index (χ0n) is 9.51. The van der Waals surface area contributed by atoms with Crippen LogP contribution in [-0.2, 0) is 0 Å². The third-order valence-corrected chi connectivity index (χ3v) is 2.71. The summed E-state index contributed by atoms with van der Waals surface area (Å²) in [5, 5.41) is 18.0. The second-order valence-electron chi connectivity index (χ2n) is 3.85. The van der Waals surface area contributed by atoms with Gasteiger partial charge in [0.1, 0.15) is 5.56 Å². The molecule has 1 N–H and O–H groups in total. The van der Waals surface area contributed by atoms with Crippen LogP contribution in [0.5, 0.6) is 0 Å². The second-order valence-corrected chi connectivity index (χ2v) is 3.85. The number of nitrogens with zero attached hydrogens (tertiary/aromatic N) is 3. The van der Waals surface area contributed by atoms with Crippen LogP contribution >= 0.6 is 0 Å². The molecule has 2 heterocycles. The van der Waals surface area contributed by atoms with Gasteiger partial charge in [-0.3, -0.25) is 0 Å². The van der Waals surface area contributed by atoms with Gasteiger partial charge in [0.15, 0.2) is 5.65 Å². The van der Waals surface area contributed by atoms with E-state index in [-0.39, 0.29) is 11.5 Å². The number of rotatable bonds is 2. The summed E-state index contributed by atoms with van der Waals surface area (Å²) in [4.78, 5) is 15.3. The van der Waals surface area contributed by atoms with E-state index in [0.29, 0.717) is 11.3 Å². The minimum Gasteiger partial charge on any atom is -0.478 e. The van der Waals surface area contributed by atoms with Crippen LogP contribution in [0.25, 0.3) is 5.65 Å². The van der Waals surface area contributed by atoms with Crippen LogP contribution in [-0.4, -0.2) is 20.5 Å². The summed E-state index contributed by atoms with van der Waals surface area (Å²) in [6.45, 7) is 3.55. The van der Waals surface area contributed by atoms with Crippen LogP contribution in [0.1, 0.15) is 34.6 Å². The number of carboxylic acid groups (broad SMARTS) is 1. The number of pyridine rings is 1. The quantitative estimate of drug-likeness (QED) is 0.853. The first kappa shape index (κ1) is 11.1. The normalized spacial score (nSPS) is 12.3. The predicted octanol–water partition coefficient (Wildman–Crippen LogP) is 1.97. The fraction of sp³-hybridized carbons (Fsp3) is 0.250. The lowest BCUT2D eigenvalue weighted by Crippen LogP contribution is -2.02. The molecule has 2 rings (SSSR count). The van der Waals surface area contributed by atoms with E-state index in [1.54, 1.807) is 30.5 Å². The molecule has 0 aliphatic rings. The molecule has 1 atom stereocenters. The summed E-state index contributed by atoms with van der Waals surface area (Å²) < 4.78 is 1.67. The Kier molecular flexibility index (Phi) is 2.56. The van der Waals surface area contributed by atoms with Crippen LogP contribution < -0.4 is 0 Å². The molecule has 0 fully saturated rings. The Morgan fingerprint density at radius 2 is 2.35 bits per heavy atom. The number of hydrogen-bond donors (Lipinski definition) is 1. The topological polar surface area (TPSA) is 78.4 Å². The lowest BCUT2D eigenvalue weighted by Gasteiger charge is -2.04. The Morgan fingerprint density at radius 3 is 2.94 bits per heavy atom. The van der Waals surface area contributed by atoms with Gasteiger partial charge < -0.3 is 9.51 Å². The number of aromatic nitrogens is 2. The lowest BCUT2D eigenvalue weighted by atomic mass is 10.1. The maximum atomic E-state index is 11.1. The minimum absolute atomic E-state index is 0.145. The van der Waals surface area contributed by atoms with Gasteiger partial charge in [-0.2, -0.15) is 5.26 Å². The van der Waals surface area contributed by atoms with Gasteiger partial charge in [0, 0.05) is 6.20 Å². The van der Waals surface area contributed by atoms with Crippen molar-refractivity contribution in [1.29, 1.82) is 5.26 Å². The van der Waals surface area contributed by atoms with Crippen molar-refractivity contribution < 1.29 is 9.90 Å². The molecule has 0 bridgehead atoms. The number of carboxylic acids is 1. The highest BCUT2D eigenvalue weighted by molar-refractivity contribution is 5.94. The Balaban J connectivity index is 2.82. The molecule has 1 unspecified atom stereocenters. The predicted molar refractivity (Wildman–Crippen MR) is 60.9 cm³/mol. The first-order valence-corrected chi connectivity index (χ1v) is 5.16. The van der Waals surface area contributed by atoms with Crippen molar-refractivity contribution in [3.05, 3.63) is 35.3 Å². The third kappa shape index (κ3) is 1.64. The lowest BCUT2D eigenvalue weighted by molar-refractivity contribution is 0.0698. The van der Waals surface area contributed by atoms with E-state index in [1.165, 1.54) is 6.07 Å². The molecule has 17 heavy (non-hydrogen) atoms. The average molecular weight is 229 g/mol. The minimum atomic E-state index is -1.02. The molecule has 0 aliphatic heterocycles. The Morgan fingerprint density at radius 1 is 1.65 bits per heavy atom. The van der Waals surface area contributed by atoms with Crippen LogP contribution in [0, 0.1) is 18.3 Å². The van der Waals surface area contributed by atoms with Gasteiger partial charge in [-0.1, -0.05) is 0 Å². The SMILES string of the molecule is Cc1nc2c(C(=O)O)cccn2c1C(C)C#N. The van der Waals surface area contributed by atoms with Crippen molar-refractivity contribution in [3.63, 3.8) is 0 Å². The molecular formula is C12H11N3O2. The second kappa shape index (κ2) is 3.91. The van der Waals surface area contributed by atoms with Crippen molar-refractivity contribution in [2.24, 2.45) is 0 Å². The first-order valence-electron chi connectivity index (χ1n) is 5.16. The van der Waals surface area contributed by atoms with E-state index < -0.39 is 5.97 Å². The summed E-state index contributed by atoms with van der Waals surface area (Å²) in [6.07, 6.45) is 1.73. The van der Waals surface area contributed by atoms with Gasteiger partial charge in [0.25, 0.3) is 0 Å². The van der Waals surface area contributed by atoms with Crippen LogP contribution in [0.3, 0.4) is 0 Å². The highest BCUT2D eigenvalue weighted by Crippen LogP contribution is 2.22. The highest BCUT2D eigenvalue weighted by atomic mass is 16.4. The summed E-state index contributed by atoms with van der Waals surface area (Å²) in [6, 6.07) is 5.29. The van der Waals surface area contributed by atoms with Gasteiger partial charge in [0.05, 0.1) is 23.4 Å². The maximum absolute atomic E-state index is 11.1. The number of carbonyl (C=O) groups is 1. The van der Waals surface area contributed by atoms with Crippen molar-refractivity contribution >= 4 is 11.6 Å². The molecule has 0 aliphatic carbocycles. The van der Waals surface area contributed by atoms with Crippen LogP contribution in [0.2, 0.25) is 0 Å². The van der Waals surface area contributed by atoms with Gasteiger partial charge in [0.2, 0.25) is 0 Å². The number of aromatic carboxylic acids is 1. The van der Waals surface area contributed by atoms with Gasteiger partial charge >= 0.3 is 5.97 Å². The fourth-order valence-corrected chi connectivity index (χ4v) is 1.95. The zero-order chi connectivity index (χ0) is 12.6. The van der Waals surface area contributed by atoms with Crippen molar-refractivity contribution in [2.75, 3.05) is 0 Å². The van der Waals surface area contributed by atoms with E-state index in [1.807, 2.05) is 0 Å². The first-order chi connectivity index (χ1) is 8.06. The molecular weight excluding hydrogens is 218 g/mol. The van der Waals surface area contributed by atoms with E-state index >= 15 is 0 Å². The molecule has 0 radical (unpaired) electrons. The molecule has 0 amide bonds. The van der Waals surface area contributed by atoms with Crippen molar-refractivity contribution in [3.8, 4) is 6.07 Å². The fourth-order valence-electron chi connectivity index (χ4n) is 1.95. The monoisotopic (exact) mass is 229 g/mol. The Hall–Kier alpha value is -2.35. The zero-order valence-corrected chi connectivity index (χ0v) is 9.51. The van der Waals surface area contributed by atoms with Crippen molar-refractivity contribution in [2.45, 2.75) is 19.8 Å². The summed E-state index contributed by atoms with van der Waals surface area (Å²) in [5.74, 6) is -1.34. The van der Waals surface area contributed by atoms with E-state index in [9.17, 15) is 4.79 Å². The molecule has 0 saturated heterocycles. The maximum Gasteiger partial charge on any atom is 0.339 e. The summed E-state index contributed by atoms with van der Waals surface area (Å²) >= 11 is 0. The van der Waals surface area contributed by atoms with Gasteiger partial charge in [-0.05, 0) is 26.0 Å². The highest BCUT2D eigenvalue weighted by Gasteiger charge is 2.18. The molecule has 2 aromatic rings. The smallest absolute Gasteiger partial charge is 0.339 e. The number of imidazole rings is 1. The standard InChI is InChI=1S/C12H11N3O2/c1-7(6-13)10-8(2)14-11-9(12(16)17)4-3-5-15(10)11/h3-5,7H,1-2H3,(H,16,17). The van der Waals surface area contributed by atoms with Gasteiger partial charge in [-0.15, -0.1) is 0 Å².